The third-order valence-corrected chi connectivity index (χ3v) is 4.23. The Balaban J connectivity index is 2.08. The molecule has 0 radical (unpaired) electrons. The van der Waals surface area contributed by atoms with Crippen molar-refractivity contribution in [3.05, 3.63) is 75.0 Å². The van der Waals surface area contributed by atoms with Crippen molar-refractivity contribution in [1.29, 1.82) is 0 Å². The number of pyridine rings is 2. The fourth-order valence-electron chi connectivity index (χ4n) is 2.98. The maximum Gasteiger partial charge on any atom is 0.261 e. The van der Waals surface area contributed by atoms with Crippen molar-refractivity contribution in [3.8, 4) is 0 Å². The van der Waals surface area contributed by atoms with Gasteiger partial charge in [-0.1, -0.05) is 12.1 Å². The molecule has 140 valence electrons. The summed E-state index contributed by atoms with van der Waals surface area (Å²) in [5.74, 6) is -1.26. The van der Waals surface area contributed by atoms with Gasteiger partial charge < -0.3 is 20.9 Å². The normalized spacial score (nSPS) is 12.3. The highest BCUT2D eigenvalue weighted by Gasteiger charge is 2.20. The van der Waals surface area contributed by atoms with Gasteiger partial charge in [-0.3, -0.25) is 14.6 Å². The molecule has 8 heteroatoms. The quantitative estimate of drug-likeness (QED) is 0.505. The maximum absolute atomic E-state index is 13.0. The molecule has 7 nitrogen and oxygen atoms in total. The van der Waals surface area contributed by atoms with E-state index in [2.05, 4.69) is 9.97 Å². The lowest BCUT2D eigenvalue weighted by atomic mass is 9.99. The molecule has 1 amide bonds. The van der Waals surface area contributed by atoms with E-state index < -0.39 is 24.2 Å². The molecular formula is C19H18FN3O4. The van der Waals surface area contributed by atoms with E-state index in [9.17, 15) is 19.1 Å². The first-order chi connectivity index (χ1) is 12.9. The minimum atomic E-state index is -1.16. The summed E-state index contributed by atoms with van der Waals surface area (Å²) < 4.78 is 13.0. The zero-order valence-electron chi connectivity index (χ0n) is 14.3. The summed E-state index contributed by atoms with van der Waals surface area (Å²) in [6.07, 6.45) is 0.745. The molecule has 3 aromatic rings. The zero-order valence-corrected chi connectivity index (χ0v) is 14.3. The van der Waals surface area contributed by atoms with Gasteiger partial charge in [0.25, 0.3) is 11.5 Å². The van der Waals surface area contributed by atoms with Gasteiger partial charge in [0.05, 0.1) is 23.7 Å². The molecule has 0 bridgehead atoms. The number of nitrogens with zero attached hydrogens (tertiary/aromatic N) is 1. The van der Waals surface area contributed by atoms with Crippen LogP contribution in [0.15, 0.2) is 41.3 Å². The van der Waals surface area contributed by atoms with Gasteiger partial charge in [-0.25, -0.2) is 4.39 Å². The van der Waals surface area contributed by atoms with E-state index >= 15 is 0 Å². The van der Waals surface area contributed by atoms with Crippen LogP contribution in [-0.2, 0) is 12.8 Å². The third-order valence-electron chi connectivity index (χ3n) is 4.23. The average molecular weight is 371 g/mol. The number of carbonyl (C=O) groups excluding carboxylic acids is 1. The summed E-state index contributed by atoms with van der Waals surface area (Å²) in [6.45, 7) is -0.533. The van der Waals surface area contributed by atoms with Crippen LogP contribution in [0.1, 0.15) is 27.0 Å². The van der Waals surface area contributed by atoms with Crippen LogP contribution in [0.5, 0.6) is 0 Å². The highest BCUT2D eigenvalue weighted by Crippen LogP contribution is 2.20. The van der Waals surface area contributed by atoms with Crippen molar-refractivity contribution in [2.75, 3.05) is 6.61 Å². The van der Waals surface area contributed by atoms with Crippen molar-refractivity contribution < 1.29 is 19.4 Å². The molecule has 2 aromatic heterocycles. The van der Waals surface area contributed by atoms with Gasteiger partial charge in [0.15, 0.2) is 0 Å². The van der Waals surface area contributed by atoms with Crippen LogP contribution in [0.25, 0.3) is 11.0 Å². The van der Waals surface area contributed by atoms with Gasteiger partial charge in [-0.2, -0.15) is 0 Å². The first-order valence-corrected chi connectivity index (χ1v) is 8.26. The molecule has 1 unspecified atom stereocenters. The molecule has 3 rings (SSSR count). The molecule has 1 aromatic carbocycles. The number of fused-ring (bicyclic) bond motifs is 1. The molecule has 27 heavy (non-hydrogen) atoms. The summed E-state index contributed by atoms with van der Waals surface area (Å²) in [5.41, 5.74) is 6.86. The minimum absolute atomic E-state index is 0.139. The van der Waals surface area contributed by atoms with Crippen molar-refractivity contribution in [3.63, 3.8) is 0 Å². The Morgan fingerprint density at radius 3 is 2.59 bits per heavy atom. The second-order valence-electron chi connectivity index (χ2n) is 6.26. The Labute approximate surface area is 153 Å². The molecule has 0 saturated heterocycles. The first-order valence-electron chi connectivity index (χ1n) is 8.26. The number of primary amides is 1. The molecule has 0 fully saturated rings. The van der Waals surface area contributed by atoms with Gasteiger partial charge >= 0.3 is 0 Å². The number of amides is 1. The van der Waals surface area contributed by atoms with Crippen molar-refractivity contribution in [2.45, 2.75) is 18.9 Å². The molecule has 5 N–H and O–H groups in total. The monoisotopic (exact) mass is 371 g/mol. The number of aliphatic hydroxyl groups excluding tert-OH is 2. The largest absolute Gasteiger partial charge is 0.394 e. The van der Waals surface area contributed by atoms with Gasteiger partial charge in [0.1, 0.15) is 11.4 Å². The summed E-state index contributed by atoms with van der Waals surface area (Å²) in [6, 6.07) is 7.73. The number of halogens is 1. The van der Waals surface area contributed by atoms with Crippen molar-refractivity contribution >= 4 is 16.9 Å². The van der Waals surface area contributed by atoms with Gasteiger partial charge in [0.2, 0.25) is 0 Å². The first kappa shape index (κ1) is 18.7. The number of hydrogen-bond donors (Lipinski definition) is 4. The number of aromatic nitrogens is 2. The Hall–Kier alpha value is -3.10. The molecule has 0 aliphatic heterocycles. The summed E-state index contributed by atoms with van der Waals surface area (Å²) in [7, 11) is 0. The number of nitrogens with two attached hydrogens (primary N) is 1. The number of H-pyrrole nitrogens is 1. The Morgan fingerprint density at radius 1 is 1.26 bits per heavy atom. The highest BCUT2D eigenvalue weighted by molar-refractivity contribution is 5.98. The summed E-state index contributed by atoms with van der Waals surface area (Å²) >= 11 is 0. The smallest absolute Gasteiger partial charge is 0.261 e. The second kappa shape index (κ2) is 7.65. The predicted molar refractivity (Wildman–Crippen MR) is 96.9 cm³/mol. The second-order valence-corrected chi connectivity index (χ2v) is 6.26. The highest BCUT2D eigenvalue weighted by atomic mass is 19.1. The van der Waals surface area contributed by atoms with Crippen LogP contribution >= 0.6 is 0 Å². The molecule has 2 heterocycles. The Morgan fingerprint density at radius 2 is 1.96 bits per heavy atom. The van der Waals surface area contributed by atoms with Crippen LogP contribution in [-0.4, -0.2) is 38.8 Å². The van der Waals surface area contributed by atoms with Crippen LogP contribution < -0.4 is 11.3 Å². The van der Waals surface area contributed by atoms with Crippen LogP contribution in [0.4, 0.5) is 4.39 Å². The number of aromatic amines is 1. The lowest BCUT2D eigenvalue weighted by Crippen LogP contribution is -2.28. The predicted octanol–water partition coefficient (Wildman–Crippen LogP) is 0.648. The van der Waals surface area contributed by atoms with Crippen molar-refractivity contribution in [1.82, 2.24) is 9.97 Å². The molecule has 1 atom stereocenters. The van der Waals surface area contributed by atoms with Gasteiger partial charge in [0, 0.05) is 18.2 Å². The Kier molecular flexibility index (Phi) is 5.29. The molecule has 0 aliphatic carbocycles. The van der Waals surface area contributed by atoms with Gasteiger partial charge in [-0.05, 0) is 35.7 Å². The van der Waals surface area contributed by atoms with Gasteiger partial charge in [-0.15, -0.1) is 0 Å². The summed E-state index contributed by atoms with van der Waals surface area (Å²) in [5, 5.41) is 18.9. The maximum atomic E-state index is 13.0. The SMILES string of the molecule is NC(=O)c1c(CC(O)CO)c2ncc(Cc3ccc(F)cc3)cc2[nH]c1=O. The lowest BCUT2D eigenvalue weighted by Gasteiger charge is -2.13. The number of nitrogens with one attached hydrogen (secondary N) is 1. The minimum Gasteiger partial charge on any atom is -0.394 e. The fraction of sp³-hybridized carbons (Fsp3) is 0.211. The van der Waals surface area contributed by atoms with E-state index in [1.165, 1.54) is 12.1 Å². The van der Waals surface area contributed by atoms with Crippen LogP contribution in [0.3, 0.4) is 0 Å². The molecule has 0 saturated carbocycles. The third kappa shape index (κ3) is 4.02. The Bertz CT molecular complexity index is 1050. The van der Waals surface area contributed by atoms with E-state index in [-0.39, 0.29) is 23.4 Å². The van der Waals surface area contributed by atoms with Crippen LogP contribution in [0.2, 0.25) is 0 Å². The van der Waals surface area contributed by atoms with Crippen molar-refractivity contribution in [2.24, 2.45) is 5.73 Å². The van der Waals surface area contributed by atoms with E-state index in [4.69, 9.17) is 10.8 Å². The topological polar surface area (TPSA) is 129 Å². The molecular weight excluding hydrogens is 353 g/mol. The fourth-order valence-corrected chi connectivity index (χ4v) is 2.98. The lowest BCUT2D eigenvalue weighted by molar-refractivity contribution is 0.0941. The van der Waals surface area contributed by atoms with E-state index in [0.717, 1.165) is 11.1 Å². The number of aliphatic hydroxyl groups is 2. The van der Waals surface area contributed by atoms with E-state index in [1.54, 1.807) is 24.4 Å². The number of rotatable bonds is 6. The number of carbonyl (C=O) groups is 1. The standard InChI is InChI=1S/C19H18FN3O4/c20-12-3-1-10(2-4-12)5-11-6-15-17(22-8-11)14(7-13(25)9-24)16(18(21)26)19(27)23-15/h1-4,6,8,13,24-25H,5,7,9H2,(H2,21,26)(H,23,27). The van der Waals surface area contributed by atoms with E-state index in [0.29, 0.717) is 17.5 Å². The summed E-state index contributed by atoms with van der Waals surface area (Å²) in [4.78, 5) is 30.9. The molecule has 0 spiro atoms. The molecule has 0 aliphatic rings. The van der Waals surface area contributed by atoms with E-state index in [1.807, 2.05) is 0 Å². The average Bonchev–Trinajstić information content (AvgIpc) is 2.62. The number of benzene rings is 1. The van der Waals surface area contributed by atoms with Crippen LogP contribution in [0, 0.1) is 5.82 Å². The zero-order chi connectivity index (χ0) is 19.6. The number of hydrogen-bond acceptors (Lipinski definition) is 5.